The lowest BCUT2D eigenvalue weighted by Crippen LogP contribution is -2.35. The first kappa shape index (κ1) is 15.5. The van der Waals surface area contributed by atoms with E-state index in [-0.39, 0.29) is 12.2 Å². The number of likely N-dealkylation sites (tertiary alicyclic amines) is 1. The molecule has 0 spiro atoms. The first-order valence-electron chi connectivity index (χ1n) is 7.87. The van der Waals surface area contributed by atoms with Crippen molar-refractivity contribution in [3.8, 4) is 0 Å². The van der Waals surface area contributed by atoms with Gasteiger partial charge in [0, 0.05) is 23.7 Å². The van der Waals surface area contributed by atoms with Gasteiger partial charge >= 0.3 is 0 Å². The third-order valence-corrected chi connectivity index (χ3v) is 4.63. The van der Waals surface area contributed by atoms with Crippen molar-refractivity contribution in [2.75, 3.05) is 20.1 Å². The van der Waals surface area contributed by atoms with Crippen LogP contribution in [-0.4, -0.2) is 31.1 Å². The fraction of sp³-hybridized carbons (Fsp3) is 0.368. The van der Waals surface area contributed by atoms with Crippen molar-refractivity contribution in [1.82, 2.24) is 4.90 Å². The maximum absolute atomic E-state index is 6.48. The van der Waals surface area contributed by atoms with Crippen LogP contribution in [0.4, 0.5) is 0 Å². The fourth-order valence-corrected chi connectivity index (χ4v) is 3.20. The molecule has 0 bridgehead atoms. The zero-order valence-electron chi connectivity index (χ0n) is 12.9. The summed E-state index contributed by atoms with van der Waals surface area (Å²) in [6.45, 7) is 2.18. The summed E-state index contributed by atoms with van der Waals surface area (Å²) in [7, 11) is 2.17. The van der Waals surface area contributed by atoms with E-state index in [1.54, 1.807) is 0 Å². The summed E-state index contributed by atoms with van der Waals surface area (Å²) in [5.41, 5.74) is 2.21. The molecule has 1 aliphatic heterocycles. The highest BCUT2D eigenvalue weighted by Crippen LogP contribution is 2.33. The van der Waals surface area contributed by atoms with Gasteiger partial charge in [0.05, 0.1) is 6.10 Å². The van der Waals surface area contributed by atoms with Crippen LogP contribution in [-0.2, 0) is 4.74 Å². The summed E-state index contributed by atoms with van der Waals surface area (Å²) < 4.78 is 6.48. The molecule has 0 radical (unpaired) electrons. The topological polar surface area (TPSA) is 12.5 Å². The van der Waals surface area contributed by atoms with Gasteiger partial charge in [-0.1, -0.05) is 60.1 Å². The van der Waals surface area contributed by atoms with E-state index in [1.807, 2.05) is 24.3 Å². The van der Waals surface area contributed by atoms with Gasteiger partial charge in [-0.15, -0.1) is 0 Å². The van der Waals surface area contributed by atoms with Crippen LogP contribution < -0.4 is 0 Å². The van der Waals surface area contributed by atoms with Crippen molar-refractivity contribution in [1.29, 1.82) is 0 Å². The zero-order valence-corrected chi connectivity index (χ0v) is 13.7. The van der Waals surface area contributed by atoms with Crippen LogP contribution in [0.2, 0.25) is 5.02 Å². The zero-order chi connectivity index (χ0) is 15.4. The number of nitrogens with zero attached hydrogens (tertiary/aromatic N) is 1. The number of hydrogen-bond acceptors (Lipinski definition) is 2. The summed E-state index contributed by atoms with van der Waals surface area (Å²) in [6.07, 6.45) is 2.34. The highest BCUT2D eigenvalue weighted by Gasteiger charge is 2.24. The fourth-order valence-electron chi connectivity index (χ4n) is 2.96. The summed E-state index contributed by atoms with van der Waals surface area (Å²) >= 11 is 6.42. The molecule has 1 heterocycles. The molecular weight excluding hydrogens is 294 g/mol. The predicted octanol–water partition coefficient (Wildman–Crippen LogP) is 4.54. The van der Waals surface area contributed by atoms with Crippen molar-refractivity contribution >= 4 is 11.6 Å². The van der Waals surface area contributed by atoms with Gasteiger partial charge in [-0.05, 0) is 31.5 Å². The SMILES string of the molecule is CN1CCC(OC(c2ccccc2)c2ccccc2Cl)CC1. The molecule has 0 N–H and O–H groups in total. The summed E-state index contributed by atoms with van der Waals surface area (Å²) in [6, 6.07) is 18.3. The molecular formula is C19H22ClNO. The van der Waals surface area contributed by atoms with Crippen LogP contribution in [0.5, 0.6) is 0 Å². The molecule has 0 saturated carbocycles. The van der Waals surface area contributed by atoms with Crippen LogP contribution >= 0.6 is 11.6 Å². The molecule has 1 fully saturated rings. The Kier molecular flexibility index (Phi) is 5.14. The number of hydrogen-bond donors (Lipinski definition) is 0. The highest BCUT2D eigenvalue weighted by atomic mass is 35.5. The van der Waals surface area contributed by atoms with Crippen molar-refractivity contribution in [3.05, 3.63) is 70.7 Å². The average Bonchev–Trinajstić information content (AvgIpc) is 2.56. The van der Waals surface area contributed by atoms with E-state index in [0.717, 1.165) is 42.1 Å². The number of benzene rings is 2. The molecule has 1 aliphatic rings. The Morgan fingerprint density at radius 2 is 1.64 bits per heavy atom. The molecule has 2 nitrogen and oxygen atoms in total. The molecule has 1 unspecified atom stereocenters. The minimum Gasteiger partial charge on any atom is -0.365 e. The van der Waals surface area contributed by atoms with Gasteiger partial charge in [-0.2, -0.15) is 0 Å². The van der Waals surface area contributed by atoms with Gasteiger partial charge < -0.3 is 9.64 Å². The van der Waals surface area contributed by atoms with Crippen molar-refractivity contribution in [2.24, 2.45) is 0 Å². The molecule has 0 aromatic heterocycles. The molecule has 0 aliphatic carbocycles. The molecule has 3 rings (SSSR count). The molecule has 2 aromatic rings. The number of halogens is 1. The number of ether oxygens (including phenoxy) is 1. The Bertz CT molecular complexity index is 593. The van der Waals surface area contributed by atoms with Gasteiger partial charge in [-0.25, -0.2) is 0 Å². The maximum atomic E-state index is 6.48. The maximum Gasteiger partial charge on any atom is 0.109 e. The Morgan fingerprint density at radius 1 is 1.00 bits per heavy atom. The van der Waals surface area contributed by atoms with Crippen molar-refractivity contribution in [3.63, 3.8) is 0 Å². The smallest absolute Gasteiger partial charge is 0.109 e. The quantitative estimate of drug-likeness (QED) is 0.821. The van der Waals surface area contributed by atoms with E-state index in [1.165, 1.54) is 0 Å². The molecule has 2 aromatic carbocycles. The second kappa shape index (κ2) is 7.28. The van der Waals surface area contributed by atoms with E-state index >= 15 is 0 Å². The minimum absolute atomic E-state index is 0.0942. The number of rotatable bonds is 4. The van der Waals surface area contributed by atoms with Gasteiger partial charge in [0.25, 0.3) is 0 Å². The van der Waals surface area contributed by atoms with Gasteiger partial charge in [0.2, 0.25) is 0 Å². The molecule has 116 valence electrons. The third-order valence-electron chi connectivity index (χ3n) is 4.28. The lowest BCUT2D eigenvalue weighted by atomic mass is 10.00. The van der Waals surface area contributed by atoms with Crippen LogP contribution in [0, 0.1) is 0 Å². The van der Waals surface area contributed by atoms with Gasteiger partial charge in [0.1, 0.15) is 6.10 Å². The Hall–Kier alpha value is -1.35. The number of piperidine rings is 1. The first-order chi connectivity index (χ1) is 10.7. The average molecular weight is 316 g/mol. The van der Waals surface area contributed by atoms with E-state index < -0.39 is 0 Å². The second-order valence-electron chi connectivity index (χ2n) is 5.95. The normalized spacial score (nSPS) is 18.3. The van der Waals surface area contributed by atoms with E-state index in [9.17, 15) is 0 Å². The van der Waals surface area contributed by atoms with Crippen LogP contribution in [0.15, 0.2) is 54.6 Å². The Balaban J connectivity index is 1.85. The summed E-state index contributed by atoms with van der Waals surface area (Å²) in [5, 5.41) is 0.768. The van der Waals surface area contributed by atoms with E-state index in [2.05, 4.69) is 42.3 Å². The predicted molar refractivity (Wildman–Crippen MR) is 91.3 cm³/mol. The van der Waals surface area contributed by atoms with Crippen LogP contribution in [0.1, 0.15) is 30.1 Å². The first-order valence-corrected chi connectivity index (χ1v) is 8.25. The Morgan fingerprint density at radius 3 is 2.32 bits per heavy atom. The second-order valence-corrected chi connectivity index (χ2v) is 6.36. The molecule has 22 heavy (non-hydrogen) atoms. The van der Waals surface area contributed by atoms with Crippen molar-refractivity contribution < 1.29 is 4.74 Å². The summed E-state index contributed by atoms with van der Waals surface area (Å²) in [5.74, 6) is 0. The van der Waals surface area contributed by atoms with Crippen molar-refractivity contribution in [2.45, 2.75) is 25.0 Å². The van der Waals surface area contributed by atoms with Gasteiger partial charge in [-0.3, -0.25) is 0 Å². The highest BCUT2D eigenvalue weighted by molar-refractivity contribution is 6.31. The lowest BCUT2D eigenvalue weighted by Gasteiger charge is -2.32. The van der Waals surface area contributed by atoms with E-state index in [4.69, 9.17) is 16.3 Å². The third kappa shape index (κ3) is 3.70. The molecule has 0 amide bonds. The Labute approximate surface area is 137 Å². The lowest BCUT2D eigenvalue weighted by molar-refractivity contribution is -0.0234. The molecule has 1 atom stereocenters. The van der Waals surface area contributed by atoms with Gasteiger partial charge in [0.15, 0.2) is 0 Å². The molecule has 3 heteroatoms. The molecule has 1 saturated heterocycles. The standard InChI is InChI=1S/C19H22ClNO/c1-21-13-11-16(12-14-21)22-19(15-7-3-2-4-8-15)17-9-5-6-10-18(17)20/h2-10,16,19H,11-14H2,1H3. The largest absolute Gasteiger partial charge is 0.365 e. The monoisotopic (exact) mass is 315 g/mol. The van der Waals surface area contributed by atoms with Crippen LogP contribution in [0.3, 0.4) is 0 Å². The van der Waals surface area contributed by atoms with Crippen LogP contribution in [0.25, 0.3) is 0 Å². The summed E-state index contributed by atoms with van der Waals surface area (Å²) in [4.78, 5) is 2.35. The van der Waals surface area contributed by atoms with E-state index in [0.29, 0.717) is 0 Å². The minimum atomic E-state index is -0.0942.